The molecule has 2 bridgehead atoms. The molecule has 8 rings (SSSR count). The summed E-state index contributed by atoms with van der Waals surface area (Å²) in [5.74, 6) is 1.33. The number of nitrogens with one attached hydrogen (secondary N) is 4. The fraction of sp³-hybridized carbons (Fsp3) is 0.385. The zero-order chi connectivity index (χ0) is 37.8. The number of benzene rings is 2. The smallest absolute Gasteiger partial charge is 0.407 e. The lowest BCUT2D eigenvalue weighted by Gasteiger charge is -2.36. The van der Waals surface area contributed by atoms with Crippen LogP contribution < -0.4 is 10.6 Å². The van der Waals surface area contributed by atoms with Crippen molar-refractivity contribution in [2.75, 3.05) is 20.8 Å². The van der Waals surface area contributed by atoms with Crippen molar-refractivity contribution >= 4 is 55.5 Å². The first kappa shape index (κ1) is 35.3. The maximum atomic E-state index is 13.5. The normalized spacial score (nSPS) is 21.8. The van der Waals surface area contributed by atoms with Crippen molar-refractivity contribution in [1.82, 2.24) is 40.4 Å². The third-order valence-electron chi connectivity index (χ3n) is 11.1. The molecule has 0 radical (unpaired) electrons. The lowest BCUT2D eigenvalue weighted by molar-refractivity contribution is -0.137. The van der Waals surface area contributed by atoms with E-state index in [0.29, 0.717) is 24.7 Å². The molecular formula is C39H42N8O6S. The van der Waals surface area contributed by atoms with Crippen LogP contribution in [0.2, 0.25) is 0 Å². The summed E-state index contributed by atoms with van der Waals surface area (Å²) in [7, 11) is 2.55. The summed E-state index contributed by atoms with van der Waals surface area (Å²) in [5.41, 5.74) is 4.54. The molecule has 15 heteroatoms. The number of ether oxygens (including phenoxy) is 2. The molecule has 2 aliphatic heterocycles. The van der Waals surface area contributed by atoms with Gasteiger partial charge in [0.15, 0.2) is 0 Å². The first-order chi connectivity index (χ1) is 26.0. The summed E-state index contributed by atoms with van der Waals surface area (Å²) in [6.45, 7) is 8.01. The minimum atomic E-state index is -0.762. The molecule has 6 atom stereocenters. The molecule has 5 heterocycles. The fourth-order valence-electron chi connectivity index (χ4n) is 8.42. The van der Waals surface area contributed by atoms with Crippen molar-refractivity contribution in [3.63, 3.8) is 0 Å². The summed E-state index contributed by atoms with van der Waals surface area (Å²) in [6, 6.07) is 10.8. The van der Waals surface area contributed by atoms with Gasteiger partial charge in [-0.05, 0) is 63.2 Å². The van der Waals surface area contributed by atoms with E-state index in [4.69, 9.17) is 9.72 Å². The van der Waals surface area contributed by atoms with Gasteiger partial charge in [-0.1, -0.05) is 30.8 Å². The molecule has 3 fully saturated rings. The van der Waals surface area contributed by atoms with Crippen LogP contribution in [0.1, 0.15) is 63.3 Å². The number of alkyl carbamates (subject to hydrolysis) is 2. The summed E-state index contributed by atoms with van der Waals surface area (Å²) in [6.07, 6.45) is 5.88. The highest BCUT2D eigenvalue weighted by molar-refractivity contribution is 7.25. The zero-order valence-electron chi connectivity index (χ0n) is 30.5. The van der Waals surface area contributed by atoms with E-state index in [1.807, 2.05) is 11.1 Å². The molecule has 4 amide bonds. The Labute approximate surface area is 315 Å². The molecule has 5 aromatic rings. The monoisotopic (exact) mass is 750 g/mol. The van der Waals surface area contributed by atoms with Gasteiger partial charge in [0.1, 0.15) is 29.8 Å². The Morgan fingerprint density at radius 2 is 1.43 bits per heavy atom. The van der Waals surface area contributed by atoms with E-state index in [1.54, 1.807) is 36.3 Å². The number of methoxy groups -OCH3 is 2. The Kier molecular flexibility index (Phi) is 9.12. The van der Waals surface area contributed by atoms with Crippen LogP contribution in [0.3, 0.4) is 0 Å². The van der Waals surface area contributed by atoms with Crippen molar-refractivity contribution < 1.29 is 28.7 Å². The standard InChI is InChI=1S/C39H42N8O6S/c1-19-12-13-46(36(48)20(2)42-38(50)52-4)32(19)34-40-17-28(44-34)22-7-10-26-27-11-8-23(16-31(27)54-30(26)15-22)29-18-41-35(45-29)33-24-6-9-25(14-24)47(33)37(49)21(3)43-39(51)53-5/h7-8,10-11,15-18,20-21,24-25,32-33H,1,6,9,12-14H2,2-5H3,(H,40,44)(H,41,45)(H,42,50)(H,43,51). The van der Waals surface area contributed by atoms with Gasteiger partial charge < -0.3 is 39.9 Å². The second-order valence-electron chi connectivity index (χ2n) is 14.4. The third kappa shape index (κ3) is 6.15. The number of nitrogens with zero attached hydrogens (tertiary/aromatic N) is 4. The van der Waals surface area contributed by atoms with Crippen LogP contribution >= 0.6 is 11.3 Å². The van der Waals surface area contributed by atoms with E-state index < -0.39 is 30.3 Å². The molecule has 3 aromatic heterocycles. The highest BCUT2D eigenvalue weighted by Gasteiger charge is 2.50. The van der Waals surface area contributed by atoms with Gasteiger partial charge in [0, 0.05) is 43.9 Å². The van der Waals surface area contributed by atoms with E-state index in [-0.39, 0.29) is 23.9 Å². The van der Waals surface area contributed by atoms with Crippen LogP contribution in [-0.4, -0.2) is 92.6 Å². The van der Waals surface area contributed by atoms with E-state index in [2.05, 4.69) is 73.3 Å². The number of imidazole rings is 2. The summed E-state index contributed by atoms with van der Waals surface area (Å²) >= 11 is 1.70. The van der Waals surface area contributed by atoms with Gasteiger partial charge in [0.25, 0.3) is 0 Å². The molecule has 3 aliphatic rings. The molecule has 4 N–H and O–H groups in total. The van der Waals surface area contributed by atoms with Crippen LogP contribution in [-0.2, 0) is 19.1 Å². The number of hydrogen-bond donors (Lipinski definition) is 4. The van der Waals surface area contributed by atoms with Gasteiger partial charge in [-0.2, -0.15) is 0 Å². The average Bonchev–Trinajstić information content (AvgIpc) is 4.03. The Hall–Kier alpha value is -5.70. The zero-order valence-corrected chi connectivity index (χ0v) is 31.3. The highest BCUT2D eigenvalue weighted by Crippen LogP contribution is 2.50. The van der Waals surface area contributed by atoms with Gasteiger partial charge in [0.2, 0.25) is 11.8 Å². The van der Waals surface area contributed by atoms with Crippen molar-refractivity contribution in [2.45, 2.75) is 69.7 Å². The number of fused-ring (bicyclic) bond motifs is 5. The van der Waals surface area contributed by atoms with Gasteiger partial charge in [0.05, 0.1) is 44.0 Å². The van der Waals surface area contributed by atoms with Crippen LogP contribution in [0.4, 0.5) is 9.59 Å². The average molecular weight is 751 g/mol. The Morgan fingerprint density at radius 3 is 2.04 bits per heavy atom. The molecule has 2 saturated heterocycles. The molecule has 1 aliphatic carbocycles. The predicted octanol–water partition coefficient (Wildman–Crippen LogP) is 6.21. The molecule has 0 spiro atoms. The van der Waals surface area contributed by atoms with Crippen LogP contribution in [0.25, 0.3) is 42.7 Å². The lowest BCUT2D eigenvalue weighted by atomic mass is 9.97. The first-order valence-electron chi connectivity index (χ1n) is 18.1. The molecule has 280 valence electrons. The van der Waals surface area contributed by atoms with E-state index in [9.17, 15) is 19.2 Å². The largest absolute Gasteiger partial charge is 0.453 e. The number of amides is 4. The van der Waals surface area contributed by atoms with Crippen LogP contribution in [0.15, 0.2) is 60.9 Å². The van der Waals surface area contributed by atoms with Gasteiger partial charge in [-0.15, -0.1) is 11.3 Å². The molecule has 14 nitrogen and oxygen atoms in total. The van der Waals surface area contributed by atoms with E-state index in [0.717, 1.165) is 73.3 Å². The Bertz CT molecular complexity index is 2310. The minimum Gasteiger partial charge on any atom is -0.453 e. The van der Waals surface area contributed by atoms with Crippen LogP contribution in [0.5, 0.6) is 0 Å². The number of thiophene rings is 1. The third-order valence-corrected chi connectivity index (χ3v) is 12.2. The fourth-order valence-corrected chi connectivity index (χ4v) is 9.61. The Morgan fingerprint density at radius 1 is 0.852 bits per heavy atom. The second kappa shape index (κ2) is 13.9. The molecule has 6 unspecified atom stereocenters. The number of aromatic nitrogens is 4. The maximum absolute atomic E-state index is 13.5. The van der Waals surface area contributed by atoms with E-state index >= 15 is 0 Å². The summed E-state index contributed by atoms with van der Waals surface area (Å²) in [5, 5.41) is 7.47. The maximum Gasteiger partial charge on any atom is 0.407 e. The number of piperidine rings is 1. The van der Waals surface area contributed by atoms with Crippen molar-refractivity contribution in [1.29, 1.82) is 0 Å². The number of aromatic amines is 2. The first-order valence-corrected chi connectivity index (χ1v) is 18.9. The number of likely N-dealkylation sites (tertiary alicyclic amines) is 2. The number of carbonyl (C=O) groups excluding carboxylic acids is 4. The number of H-pyrrole nitrogens is 2. The van der Waals surface area contributed by atoms with Crippen LogP contribution in [0, 0.1) is 5.92 Å². The topological polar surface area (TPSA) is 175 Å². The van der Waals surface area contributed by atoms with Crippen molar-refractivity contribution in [3.8, 4) is 22.5 Å². The van der Waals surface area contributed by atoms with Crippen molar-refractivity contribution in [2.24, 2.45) is 5.92 Å². The Balaban J connectivity index is 1.02. The second-order valence-corrected chi connectivity index (χ2v) is 15.4. The SMILES string of the molecule is C=C1CCN(C(=O)C(C)NC(=O)OC)C1c1ncc(-c2ccc3c(c2)sc2cc(-c4cnc(C5C6CCC(C6)N5C(=O)C(C)NC(=O)OC)[nH]4)ccc23)[nH]1. The van der Waals surface area contributed by atoms with Gasteiger partial charge in [-0.25, -0.2) is 19.6 Å². The molecule has 1 saturated carbocycles. The predicted molar refractivity (Wildman–Crippen MR) is 203 cm³/mol. The van der Waals surface area contributed by atoms with Crippen molar-refractivity contribution in [3.05, 3.63) is 72.6 Å². The molecule has 2 aromatic carbocycles. The lowest BCUT2D eigenvalue weighted by Crippen LogP contribution is -2.50. The summed E-state index contributed by atoms with van der Waals surface area (Å²) < 4.78 is 11.6. The van der Waals surface area contributed by atoms with Gasteiger partial charge in [-0.3, -0.25) is 9.59 Å². The number of hydrogen-bond acceptors (Lipinski definition) is 9. The minimum absolute atomic E-state index is 0.128. The quantitative estimate of drug-likeness (QED) is 0.136. The highest BCUT2D eigenvalue weighted by atomic mass is 32.1. The summed E-state index contributed by atoms with van der Waals surface area (Å²) in [4.78, 5) is 70.4. The number of carbonyl (C=O) groups is 4. The van der Waals surface area contributed by atoms with E-state index in [1.165, 1.54) is 14.2 Å². The molecular weight excluding hydrogens is 709 g/mol. The van der Waals surface area contributed by atoms with Gasteiger partial charge >= 0.3 is 12.2 Å². The number of rotatable bonds is 8. The molecule has 54 heavy (non-hydrogen) atoms.